The number of unbranched alkanes of at least 4 members (excludes halogenated alkanes) is 1. The standard InChI is InChI=1S/C15H22N2O4S/c1-4-6-7-15(11(18)20-5-2)9-14(3,21-12(15)19)10-8-22-13(16)17-10/h8H,4-7,9H2,1-3H3,(H2,16,17). The van der Waals surface area contributed by atoms with Crippen LogP contribution in [-0.2, 0) is 24.7 Å². The molecule has 1 aromatic heterocycles. The maximum absolute atomic E-state index is 12.5. The van der Waals surface area contributed by atoms with Crippen molar-refractivity contribution in [2.24, 2.45) is 5.41 Å². The second-order valence-corrected chi connectivity index (χ2v) is 6.66. The van der Waals surface area contributed by atoms with Gasteiger partial charge in [0.1, 0.15) is 0 Å². The molecule has 0 aromatic carbocycles. The average molecular weight is 326 g/mol. The molecule has 22 heavy (non-hydrogen) atoms. The van der Waals surface area contributed by atoms with Crippen molar-refractivity contribution in [3.63, 3.8) is 0 Å². The van der Waals surface area contributed by atoms with Gasteiger partial charge in [0.15, 0.2) is 16.1 Å². The number of cyclic esters (lactones) is 1. The molecular formula is C15H22N2O4S. The van der Waals surface area contributed by atoms with Crippen LogP contribution in [0.5, 0.6) is 0 Å². The number of nitrogens with zero attached hydrogens (tertiary/aromatic N) is 1. The van der Waals surface area contributed by atoms with Crippen molar-refractivity contribution >= 4 is 28.4 Å². The van der Waals surface area contributed by atoms with E-state index in [2.05, 4.69) is 4.98 Å². The molecule has 6 nitrogen and oxygen atoms in total. The lowest BCUT2D eigenvalue weighted by atomic mass is 9.76. The molecule has 0 spiro atoms. The Morgan fingerprint density at radius 1 is 1.55 bits per heavy atom. The van der Waals surface area contributed by atoms with E-state index in [0.29, 0.717) is 17.2 Å². The fourth-order valence-corrected chi connectivity index (χ4v) is 3.54. The molecule has 2 rings (SSSR count). The van der Waals surface area contributed by atoms with E-state index in [9.17, 15) is 9.59 Å². The van der Waals surface area contributed by atoms with Crippen molar-refractivity contribution in [3.8, 4) is 0 Å². The summed E-state index contributed by atoms with van der Waals surface area (Å²) in [7, 11) is 0. The molecule has 2 atom stereocenters. The molecule has 0 amide bonds. The van der Waals surface area contributed by atoms with E-state index in [1.165, 1.54) is 11.3 Å². The summed E-state index contributed by atoms with van der Waals surface area (Å²) in [6, 6.07) is 0. The highest BCUT2D eigenvalue weighted by atomic mass is 32.1. The molecule has 2 N–H and O–H groups in total. The first kappa shape index (κ1) is 16.7. The van der Waals surface area contributed by atoms with E-state index in [1.54, 1.807) is 19.2 Å². The average Bonchev–Trinajstić information content (AvgIpc) is 3.00. The highest BCUT2D eigenvalue weighted by molar-refractivity contribution is 7.13. The maximum Gasteiger partial charge on any atom is 0.324 e. The Labute approximate surface area is 134 Å². The summed E-state index contributed by atoms with van der Waals surface area (Å²) >= 11 is 1.29. The summed E-state index contributed by atoms with van der Waals surface area (Å²) in [6.07, 6.45) is 2.30. The van der Waals surface area contributed by atoms with Gasteiger partial charge in [-0.1, -0.05) is 19.8 Å². The lowest BCUT2D eigenvalue weighted by molar-refractivity contribution is -0.166. The van der Waals surface area contributed by atoms with Crippen molar-refractivity contribution in [2.45, 2.75) is 52.1 Å². The zero-order valence-electron chi connectivity index (χ0n) is 13.2. The Kier molecular flexibility index (Phi) is 4.75. The summed E-state index contributed by atoms with van der Waals surface area (Å²) in [6.45, 7) is 5.75. The normalized spacial score (nSPS) is 27.7. The van der Waals surface area contributed by atoms with Gasteiger partial charge in [0.25, 0.3) is 0 Å². The minimum absolute atomic E-state index is 0.236. The lowest BCUT2D eigenvalue weighted by Crippen LogP contribution is -2.37. The number of nitrogens with two attached hydrogens (primary N) is 1. The van der Waals surface area contributed by atoms with Crippen LogP contribution in [0.1, 0.15) is 52.1 Å². The van der Waals surface area contributed by atoms with Gasteiger partial charge in [-0.05, 0) is 20.3 Å². The monoisotopic (exact) mass is 326 g/mol. The van der Waals surface area contributed by atoms with E-state index >= 15 is 0 Å². The SMILES string of the molecule is CCCCC1(C(=O)OCC)CC(C)(c2csc(N)n2)OC1=O. The summed E-state index contributed by atoms with van der Waals surface area (Å²) in [5.74, 6) is -1.02. The van der Waals surface area contributed by atoms with Gasteiger partial charge in [0, 0.05) is 11.8 Å². The Morgan fingerprint density at radius 2 is 2.27 bits per heavy atom. The Bertz CT molecular complexity index is 574. The molecule has 1 aliphatic heterocycles. The van der Waals surface area contributed by atoms with Crippen LogP contribution in [0, 0.1) is 5.41 Å². The number of hydrogen-bond donors (Lipinski definition) is 1. The molecular weight excluding hydrogens is 304 g/mol. The van der Waals surface area contributed by atoms with Gasteiger partial charge in [0.2, 0.25) is 0 Å². The van der Waals surface area contributed by atoms with Gasteiger partial charge in [0.05, 0.1) is 12.3 Å². The molecule has 122 valence electrons. The van der Waals surface area contributed by atoms with Gasteiger partial charge in [-0.2, -0.15) is 0 Å². The summed E-state index contributed by atoms with van der Waals surface area (Å²) in [4.78, 5) is 29.2. The maximum atomic E-state index is 12.5. The molecule has 2 heterocycles. The number of rotatable bonds is 6. The molecule has 2 unspecified atom stereocenters. The summed E-state index contributed by atoms with van der Waals surface area (Å²) in [5.41, 5.74) is 4.08. The minimum atomic E-state index is -1.24. The van der Waals surface area contributed by atoms with Gasteiger partial charge in [-0.3, -0.25) is 9.59 Å². The van der Waals surface area contributed by atoms with Crippen LogP contribution in [0.2, 0.25) is 0 Å². The first-order chi connectivity index (χ1) is 10.4. The highest BCUT2D eigenvalue weighted by Gasteiger charge is 2.61. The number of aromatic nitrogens is 1. The second kappa shape index (κ2) is 6.24. The van der Waals surface area contributed by atoms with Crippen LogP contribution in [0.4, 0.5) is 5.13 Å². The third-order valence-electron chi connectivity index (χ3n) is 4.03. The smallest absolute Gasteiger partial charge is 0.324 e. The third kappa shape index (κ3) is 2.82. The largest absolute Gasteiger partial charge is 0.465 e. The van der Waals surface area contributed by atoms with Crippen LogP contribution in [0.25, 0.3) is 0 Å². The predicted molar refractivity (Wildman–Crippen MR) is 83.2 cm³/mol. The van der Waals surface area contributed by atoms with Crippen LogP contribution < -0.4 is 5.73 Å². The van der Waals surface area contributed by atoms with Crippen molar-refractivity contribution in [1.29, 1.82) is 0 Å². The van der Waals surface area contributed by atoms with Crippen LogP contribution in [0.3, 0.4) is 0 Å². The number of hydrogen-bond acceptors (Lipinski definition) is 7. The quantitative estimate of drug-likeness (QED) is 0.638. The van der Waals surface area contributed by atoms with Crippen LogP contribution >= 0.6 is 11.3 Å². The first-order valence-corrected chi connectivity index (χ1v) is 8.38. The van der Waals surface area contributed by atoms with Crippen LogP contribution in [-0.4, -0.2) is 23.5 Å². The van der Waals surface area contributed by atoms with Gasteiger partial charge < -0.3 is 15.2 Å². The number of thiazole rings is 1. The zero-order chi connectivity index (χ0) is 16.4. The molecule has 0 radical (unpaired) electrons. The number of carbonyl (C=O) groups excluding carboxylic acids is 2. The molecule has 1 aromatic rings. The van der Waals surface area contributed by atoms with Crippen molar-refractivity contribution in [2.75, 3.05) is 12.3 Å². The van der Waals surface area contributed by atoms with Gasteiger partial charge in [-0.15, -0.1) is 11.3 Å². The topological polar surface area (TPSA) is 91.5 Å². The fraction of sp³-hybridized carbons (Fsp3) is 0.667. The number of carbonyl (C=O) groups is 2. The molecule has 1 aliphatic rings. The van der Waals surface area contributed by atoms with Crippen molar-refractivity contribution in [3.05, 3.63) is 11.1 Å². The van der Waals surface area contributed by atoms with E-state index in [-0.39, 0.29) is 13.0 Å². The number of esters is 2. The van der Waals surface area contributed by atoms with Crippen molar-refractivity contribution in [1.82, 2.24) is 4.98 Å². The molecule has 7 heteroatoms. The Morgan fingerprint density at radius 3 is 2.82 bits per heavy atom. The number of ether oxygens (including phenoxy) is 2. The highest BCUT2D eigenvalue weighted by Crippen LogP contribution is 2.50. The minimum Gasteiger partial charge on any atom is -0.465 e. The molecule has 0 bridgehead atoms. The van der Waals surface area contributed by atoms with Gasteiger partial charge in [-0.25, -0.2) is 4.98 Å². The fourth-order valence-electron chi connectivity index (χ4n) is 2.86. The zero-order valence-corrected chi connectivity index (χ0v) is 14.0. The number of anilines is 1. The van der Waals surface area contributed by atoms with Gasteiger partial charge >= 0.3 is 11.9 Å². The first-order valence-electron chi connectivity index (χ1n) is 7.50. The van der Waals surface area contributed by atoms with Crippen molar-refractivity contribution < 1.29 is 19.1 Å². The van der Waals surface area contributed by atoms with E-state index in [0.717, 1.165) is 12.8 Å². The second-order valence-electron chi connectivity index (χ2n) is 5.77. The Balaban J connectivity index is 2.34. The third-order valence-corrected chi connectivity index (χ3v) is 4.71. The van der Waals surface area contributed by atoms with E-state index < -0.39 is 23.0 Å². The summed E-state index contributed by atoms with van der Waals surface area (Å²) < 4.78 is 10.7. The molecule has 0 aliphatic carbocycles. The lowest BCUT2D eigenvalue weighted by Gasteiger charge is -2.24. The molecule has 0 saturated carbocycles. The Hall–Kier alpha value is -1.63. The van der Waals surface area contributed by atoms with E-state index in [4.69, 9.17) is 15.2 Å². The molecule has 1 saturated heterocycles. The number of nitrogen functional groups attached to an aromatic ring is 1. The van der Waals surface area contributed by atoms with E-state index in [1.807, 2.05) is 6.92 Å². The predicted octanol–water partition coefficient (Wildman–Crippen LogP) is 2.63. The summed E-state index contributed by atoms with van der Waals surface area (Å²) in [5, 5.41) is 2.18. The van der Waals surface area contributed by atoms with Crippen LogP contribution in [0.15, 0.2) is 5.38 Å². The molecule has 1 fully saturated rings.